The average Bonchev–Trinajstić information content (AvgIpc) is 0.747. The van der Waals surface area contributed by atoms with Crippen molar-refractivity contribution in [1.82, 2.24) is 0 Å². The summed E-state index contributed by atoms with van der Waals surface area (Å²) in [5.74, 6) is -9.78. The minimum Gasteiger partial charge on any atom is -0.459 e. The second-order valence-corrected chi connectivity index (χ2v) is 23.5. The molecule has 25 nitrogen and oxygen atoms in total. The fourth-order valence-electron chi connectivity index (χ4n) is 11.4. The monoisotopic (exact) mass is 1400 g/mol. The van der Waals surface area contributed by atoms with Gasteiger partial charge in [0.1, 0.15) is 37.6 Å². The van der Waals surface area contributed by atoms with E-state index in [9.17, 15) is 47.9 Å². The first-order valence-corrected chi connectivity index (χ1v) is 32.6. The lowest BCUT2D eigenvalue weighted by Gasteiger charge is -2.48. The molecule has 11 rings (SSSR count). The first-order chi connectivity index (χ1) is 50.0. The summed E-state index contributed by atoms with van der Waals surface area (Å²) in [6.07, 6.45) is -25.8. The smallest absolute Gasteiger partial charge is 0.338 e. The van der Waals surface area contributed by atoms with E-state index in [1.54, 1.807) is 146 Å². The van der Waals surface area contributed by atoms with Crippen LogP contribution in [-0.4, -0.2) is 172 Å². The van der Waals surface area contributed by atoms with E-state index < -0.39 is 172 Å². The van der Waals surface area contributed by atoms with Crippen molar-refractivity contribution >= 4 is 59.7 Å². The fourth-order valence-corrected chi connectivity index (χ4v) is 11.4. The number of rotatable bonds is 25. The third-order valence-corrected chi connectivity index (χ3v) is 16.3. The van der Waals surface area contributed by atoms with Crippen LogP contribution >= 0.6 is 0 Å². The molecule has 14 atom stereocenters. The summed E-state index contributed by atoms with van der Waals surface area (Å²) in [6, 6.07) is 61.4. The van der Waals surface area contributed by atoms with E-state index in [0.717, 1.165) is 13.8 Å². The highest BCUT2D eigenvalue weighted by molar-refractivity contribution is 5.94. The summed E-state index contributed by atoms with van der Waals surface area (Å²) < 4.78 is 94.5. The maximum atomic E-state index is 14.6. The van der Waals surface area contributed by atoms with Gasteiger partial charge in [-0.15, -0.1) is 0 Å². The average molecular weight is 1410 g/mol. The highest BCUT2D eigenvalue weighted by Crippen LogP contribution is 2.37. The van der Waals surface area contributed by atoms with Crippen molar-refractivity contribution in [3.63, 3.8) is 0 Å². The Balaban J connectivity index is 0.996. The van der Waals surface area contributed by atoms with E-state index in [-0.39, 0.29) is 44.5 Å². The molecular formula is C78H68O25. The van der Waals surface area contributed by atoms with E-state index >= 15 is 0 Å². The Bertz CT molecular complexity index is 4190. The van der Waals surface area contributed by atoms with Gasteiger partial charge < -0.3 is 71.1 Å². The van der Waals surface area contributed by atoms with Gasteiger partial charge in [-0.2, -0.15) is 0 Å². The van der Waals surface area contributed by atoms with Gasteiger partial charge in [-0.05, 0) is 97.1 Å². The predicted octanol–water partition coefficient (Wildman–Crippen LogP) is 9.17. The van der Waals surface area contributed by atoms with Gasteiger partial charge in [0.05, 0.1) is 57.7 Å². The maximum Gasteiger partial charge on any atom is 0.338 e. The summed E-state index contributed by atoms with van der Waals surface area (Å²) in [5, 5.41) is 0. The van der Waals surface area contributed by atoms with Crippen molar-refractivity contribution < 1.29 is 119 Å². The van der Waals surface area contributed by atoms with Crippen LogP contribution < -0.4 is 0 Å². The number of carbonyl (C=O) groups is 10. The SMILES string of the molecule is CC(=O)O[C@H]1[C@H](O[C@H]2O[C@H](COC(=O)c3ccccc3)[C@@H](OC(=O)c3ccccc3)[C@H](OC(=O)c3ccccc3)[C@@H]2OC(=O)c2ccccc2)[C@H](OC(C)=O)CO[C@@H]1CO[C@H]1O[C@H](COC(=O)c2ccccc2)[C@@H](OC(=O)c2ccccc2)[C@H](OC(=O)c2ccccc2)[C@@H]1OC(=O)c1ccccc1. The molecule has 3 saturated heterocycles. The van der Waals surface area contributed by atoms with Gasteiger partial charge in [-0.1, -0.05) is 146 Å². The Labute approximate surface area is 589 Å². The van der Waals surface area contributed by atoms with Crippen molar-refractivity contribution in [1.29, 1.82) is 0 Å². The molecule has 0 aromatic heterocycles. The minimum absolute atomic E-state index is 0.00377. The zero-order valence-corrected chi connectivity index (χ0v) is 55.2. The Morgan fingerprint density at radius 1 is 0.282 bits per heavy atom. The van der Waals surface area contributed by atoms with Crippen LogP contribution in [0.1, 0.15) is 96.7 Å². The number of esters is 10. The maximum absolute atomic E-state index is 14.6. The second-order valence-electron chi connectivity index (χ2n) is 23.5. The van der Waals surface area contributed by atoms with Crippen LogP contribution in [-0.2, 0) is 80.6 Å². The van der Waals surface area contributed by atoms with E-state index in [4.69, 9.17) is 71.1 Å². The molecule has 0 saturated carbocycles. The summed E-state index contributed by atoms with van der Waals surface area (Å²) in [7, 11) is 0. The van der Waals surface area contributed by atoms with Gasteiger partial charge >= 0.3 is 59.7 Å². The lowest BCUT2D eigenvalue weighted by molar-refractivity contribution is -0.339. The predicted molar refractivity (Wildman–Crippen MR) is 356 cm³/mol. The molecule has 3 heterocycles. The van der Waals surface area contributed by atoms with Gasteiger partial charge in [0.25, 0.3) is 0 Å². The molecule has 0 N–H and O–H groups in total. The largest absolute Gasteiger partial charge is 0.459 e. The number of benzene rings is 8. The van der Waals surface area contributed by atoms with Crippen molar-refractivity contribution in [3.05, 3.63) is 287 Å². The van der Waals surface area contributed by atoms with Crippen LogP contribution in [0.3, 0.4) is 0 Å². The number of hydrogen-bond donors (Lipinski definition) is 0. The normalized spacial score (nSPS) is 23.5. The zero-order valence-electron chi connectivity index (χ0n) is 55.2. The Hall–Kier alpha value is -11.7. The van der Waals surface area contributed by atoms with Gasteiger partial charge in [0.15, 0.2) is 61.4 Å². The van der Waals surface area contributed by atoms with Gasteiger partial charge in [-0.25, -0.2) is 38.4 Å². The number of ether oxygens (including phenoxy) is 15. The summed E-state index contributed by atoms with van der Waals surface area (Å²) in [5.41, 5.74) is 0.140. The molecule has 8 aromatic carbocycles. The molecule has 0 aliphatic carbocycles. The van der Waals surface area contributed by atoms with Gasteiger partial charge in [0.2, 0.25) is 0 Å². The molecule has 3 aliphatic rings. The number of hydrogen-bond acceptors (Lipinski definition) is 25. The zero-order chi connectivity index (χ0) is 72.2. The highest BCUT2D eigenvalue weighted by atomic mass is 16.8. The van der Waals surface area contributed by atoms with Crippen LogP contribution in [0.4, 0.5) is 0 Å². The van der Waals surface area contributed by atoms with Crippen molar-refractivity contribution in [2.24, 2.45) is 0 Å². The molecule has 103 heavy (non-hydrogen) atoms. The van der Waals surface area contributed by atoms with Crippen molar-refractivity contribution in [2.45, 2.75) is 99.7 Å². The molecule has 8 aromatic rings. The van der Waals surface area contributed by atoms with Crippen molar-refractivity contribution in [2.75, 3.05) is 26.4 Å². The minimum atomic E-state index is -2.10. The molecule has 3 aliphatic heterocycles. The van der Waals surface area contributed by atoms with Gasteiger partial charge in [-0.3, -0.25) is 9.59 Å². The lowest BCUT2D eigenvalue weighted by Crippen LogP contribution is -2.66. The molecule has 0 bridgehead atoms. The molecule has 25 heteroatoms. The van der Waals surface area contributed by atoms with Gasteiger partial charge in [0, 0.05) is 13.8 Å². The van der Waals surface area contributed by atoms with Crippen LogP contribution in [0.2, 0.25) is 0 Å². The Kier molecular flexibility index (Phi) is 24.7. The first kappa shape index (κ1) is 72.5. The Morgan fingerprint density at radius 3 is 0.854 bits per heavy atom. The Morgan fingerprint density at radius 2 is 0.544 bits per heavy atom. The van der Waals surface area contributed by atoms with Crippen molar-refractivity contribution in [3.8, 4) is 0 Å². The van der Waals surface area contributed by atoms with Crippen LogP contribution in [0.5, 0.6) is 0 Å². The number of carbonyl (C=O) groups excluding carboxylic acids is 10. The standard InChI is InChI=1S/C78H68O25/c1-47(79)93-58-44-89-57(43-92-77-67(101-75(87)55-39-23-9-24-40-55)65(99-73(85)53-35-19-7-20-36-53)63(97-71(83)51-31-15-5-16-32-51)59(95-77)45-90-69(81)49-27-11-3-12-28-49)61(94-48(2)80)62(58)103-78-68(102-76(88)56-41-25-10-26-42-56)66(100-74(86)54-37-21-8-22-38-54)64(98-72(84)52-33-17-6-18-34-52)60(96-78)46-91-70(82)50-29-13-4-14-30-50/h3-42,57-68,77-78H,43-46H2,1-2H3/t57-,58-,59-,60-,61-,62-,63-,64-,65+,66+,67+,68+,77+,78-/m1/s1. The van der Waals surface area contributed by atoms with E-state index in [1.807, 2.05) is 0 Å². The molecule has 530 valence electrons. The third kappa shape index (κ3) is 19.0. The molecule has 0 unspecified atom stereocenters. The first-order valence-electron chi connectivity index (χ1n) is 32.6. The summed E-state index contributed by atoms with van der Waals surface area (Å²) in [4.78, 5) is 142. The van der Waals surface area contributed by atoms with Crippen LogP contribution in [0, 0.1) is 0 Å². The van der Waals surface area contributed by atoms with E-state index in [1.165, 1.54) is 97.1 Å². The topological polar surface area (TPSA) is 309 Å². The lowest BCUT2D eigenvalue weighted by atomic mass is 9.96. The quantitative estimate of drug-likeness (QED) is 0.0380. The third-order valence-electron chi connectivity index (χ3n) is 16.3. The molecule has 0 radical (unpaired) electrons. The highest BCUT2D eigenvalue weighted by Gasteiger charge is 2.58. The molecule has 0 spiro atoms. The summed E-state index contributed by atoms with van der Waals surface area (Å²) in [6.45, 7) is -0.865. The summed E-state index contributed by atoms with van der Waals surface area (Å²) >= 11 is 0. The molecular weight excluding hydrogens is 1340 g/mol. The van der Waals surface area contributed by atoms with E-state index in [0.29, 0.717) is 0 Å². The molecule has 0 amide bonds. The van der Waals surface area contributed by atoms with Crippen LogP contribution in [0.15, 0.2) is 243 Å². The molecule has 3 fully saturated rings. The van der Waals surface area contributed by atoms with Crippen LogP contribution in [0.25, 0.3) is 0 Å². The fraction of sp³-hybridized carbons (Fsp3) is 0.256. The van der Waals surface area contributed by atoms with E-state index in [2.05, 4.69) is 0 Å². The second kappa shape index (κ2) is 35.0.